The van der Waals surface area contributed by atoms with Crippen molar-refractivity contribution in [1.29, 1.82) is 0 Å². The number of rotatable bonds is 58. The second-order valence-electron chi connectivity index (χ2n) is 21.3. The molecule has 0 saturated heterocycles. The fourth-order valence-electron chi connectivity index (χ4n) is 8.99. The van der Waals surface area contributed by atoms with Crippen molar-refractivity contribution in [2.75, 3.05) is 13.2 Å². The number of unbranched alkanes of at least 4 members (excludes halogenated alkanes) is 31. The Balaban J connectivity index is 4.45. The van der Waals surface area contributed by atoms with Crippen molar-refractivity contribution < 1.29 is 28.6 Å². The van der Waals surface area contributed by atoms with Crippen molar-refractivity contribution in [3.8, 4) is 0 Å². The van der Waals surface area contributed by atoms with E-state index in [4.69, 9.17) is 14.2 Å². The Labute approximate surface area is 470 Å². The molecule has 0 heterocycles. The Morgan fingerprint density at radius 3 is 0.855 bits per heavy atom. The number of allylic oxidation sites excluding steroid dienone is 16. The largest absolute Gasteiger partial charge is 0.462 e. The summed E-state index contributed by atoms with van der Waals surface area (Å²) >= 11 is 0. The van der Waals surface area contributed by atoms with E-state index in [-0.39, 0.29) is 31.6 Å². The van der Waals surface area contributed by atoms with Gasteiger partial charge in [0, 0.05) is 19.3 Å². The molecule has 0 aliphatic rings. The first-order chi connectivity index (χ1) is 37.5. The summed E-state index contributed by atoms with van der Waals surface area (Å²) < 4.78 is 16.9. The summed E-state index contributed by atoms with van der Waals surface area (Å²) in [5, 5.41) is 0. The molecule has 0 bridgehead atoms. The topological polar surface area (TPSA) is 78.9 Å². The third-order valence-corrected chi connectivity index (χ3v) is 13.8. The number of ether oxygens (including phenoxy) is 3. The predicted octanol–water partition coefficient (Wildman–Crippen LogP) is 22.0. The molecule has 0 aliphatic heterocycles. The first-order valence-corrected chi connectivity index (χ1v) is 32.2. The first-order valence-electron chi connectivity index (χ1n) is 32.2. The van der Waals surface area contributed by atoms with Crippen LogP contribution in [0.25, 0.3) is 0 Å². The van der Waals surface area contributed by atoms with Crippen LogP contribution in [0.4, 0.5) is 0 Å². The predicted molar refractivity (Wildman–Crippen MR) is 330 cm³/mol. The van der Waals surface area contributed by atoms with Gasteiger partial charge in [-0.15, -0.1) is 0 Å². The molecule has 0 fully saturated rings. The van der Waals surface area contributed by atoms with Crippen LogP contribution in [0, 0.1) is 0 Å². The van der Waals surface area contributed by atoms with Crippen molar-refractivity contribution in [2.24, 2.45) is 0 Å². The molecule has 0 aromatic rings. The highest BCUT2D eigenvalue weighted by molar-refractivity contribution is 5.71. The summed E-state index contributed by atoms with van der Waals surface area (Å²) in [4.78, 5) is 38.3. The summed E-state index contributed by atoms with van der Waals surface area (Å²) in [5.41, 5.74) is 0. The molecule has 1 atom stereocenters. The molecule has 1 unspecified atom stereocenters. The van der Waals surface area contributed by atoms with Gasteiger partial charge in [-0.2, -0.15) is 0 Å². The van der Waals surface area contributed by atoms with Crippen molar-refractivity contribution >= 4 is 17.9 Å². The first kappa shape index (κ1) is 72.3. The second-order valence-corrected chi connectivity index (χ2v) is 21.3. The van der Waals surface area contributed by atoms with Crippen molar-refractivity contribution in [3.63, 3.8) is 0 Å². The van der Waals surface area contributed by atoms with Gasteiger partial charge in [0.05, 0.1) is 0 Å². The van der Waals surface area contributed by atoms with Crippen LogP contribution in [-0.2, 0) is 28.6 Å². The minimum atomic E-state index is -0.823. The molecule has 0 radical (unpaired) electrons. The lowest BCUT2D eigenvalue weighted by Gasteiger charge is -2.18. The van der Waals surface area contributed by atoms with Crippen LogP contribution in [0.1, 0.15) is 310 Å². The number of esters is 3. The van der Waals surface area contributed by atoms with Gasteiger partial charge in [-0.05, 0) is 109 Å². The van der Waals surface area contributed by atoms with Crippen LogP contribution < -0.4 is 0 Å². The molecule has 0 rings (SSSR count). The summed E-state index contributed by atoms with van der Waals surface area (Å²) in [6.45, 7) is 6.48. The van der Waals surface area contributed by atoms with Gasteiger partial charge in [0.2, 0.25) is 0 Å². The van der Waals surface area contributed by atoms with Crippen molar-refractivity contribution in [1.82, 2.24) is 0 Å². The molecular weight excluding hydrogens is 937 g/mol. The molecule has 0 spiro atoms. The summed E-state index contributed by atoms with van der Waals surface area (Å²) in [6, 6.07) is 0. The van der Waals surface area contributed by atoms with Gasteiger partial charge in [0.1, 0.15) is 13.2 Å². The molecule has 0 aliphatic carbocycles. The highest BCUT2D eigenvalue weighted by atomic mass is 16.6. The molecule has 436 valence electrons. The third kappa shape index (κ3) is 61.2. The fraction of sp³-hybridized carbons (Fsp3) is 0.729. The Bertz CT molecular complexity index is 1490. The minimum Gasteiger partial charge on any atom is -0.462 e. The van der Waals surface area contributed by atoms with Gasteiger partial charge < -0.3 is 14.2 Å². The van der Waals surface area contributed by atoms with E-state index in [0.717, 1.165) is 89.9 Å². The van der Waals surface area contributed by atoms with Crippen LogP contribution >= 0.6 is 0 Å². The average molecular weight is 1060 g/mol. The van der Waals surface area contributed by atoms with E-state index in [1.165, 1.54) is 173 Å². The normalized spacial score (nSPS) is 12.7. The van der Waals surface area contributed by atoms with Gasteiger partial charge in [0.25, 0.3) is 0 Å². The second kappa shape index (κ2) is 63.9. The van der Waals surface area contributed by atoms with Gasteiger partial charge in [-0.25, -0.2) is 0 Å². The molecule has 0 aromatic carbocycles. The van der Waals surface area contributed by atoms with E-state index in [1.54, 1.807) is 0 Å². The third-order valence-electron chi connectivity index (χ3n) is 13.8. The number of carbonyl (C=O) groups excluding carboxylic acids is 3. The van der Waals surface area contributed by atoms with E-state index in [9.17, 15) is 14.4 Å². The zero-order valence-corrected chi connectivity index (χ0v) is 50.0. The lowest BCUT2D eigenvalue weighted by atomic mass is 10.0. The quantitative estimate of drug-likeness (QED) is 0.0261. The van der Waals surface area contributed by atoms with Gasteiger partial charge in [-0.3, -0.25) is 14.4 Å². The van der Waals surface area contributed by atoms with Gasteiger partial charge in [0.15, 0.2) is 6.10 Å². The standard InChI is InChI=1S/C70H120O6/c1-4-7-10-13-16-19-22-25-28-31-33-34-35-36-38-39-42-45-48-51-54-57-60-63-69(72)75-66-67(65-74-68(71)62-59-56-53-50-47-44-41-30-27-24-21-18-15-12-9-6-3)76-70(73)64-61-58-55-52-49-46-43-40-37-32-29-26-23-20-17-14-11-8-5-2/h8,11,17,20,26,29-31,33,37,40-41,46,49,55,58,67H,4-7,9-10,12-16,18-19,21-25,27-28,32,34-36,38-39,42-45,47-48,50-54,56-57,59-66H2,1-3H3/b11-8-,20-17-,29-26-,33-31-,40-37-,41-30-,49-46-,58-55-. The summed E-state index contributed by atoms with van der Waals surface area (Å²) in [6.07, 6.45) is 85.7. The minimum absolute atomic E-state index is 0.110. The molecule has 0 N–H and O–H groups in total. The highest BCUT2D eigenvalue weighted by Crippen LogP contribution is 2.16. The van der Waals surface area contributed by atoms with Crippen LogP contribution in [0.15, 0.2) is 97.2 Å². The Kier molecular flexibility index (Phi) is 60.8. The van der Waals surface area contributed by atoms with Gasteiger partial charge in [-0.1, -0.05) is 279 Å². The average Bonchev–Trinajstić information content (AvgIpc) is 3.42. The van der Waals surface area contributed by atoms with Crippen LogP contribution in [0.5, 0.6) is 0 Å². The van der Waals surface area contributed by atoms with Crippen LogP contribution in [0.2, 0.25) is 0 Å². The van der Waals surface area contributed by atoms with E-state index in [1.807, 2.05) is 6.08 Å². The van der Waals surface area contributed by atoms with E-state index < -0.39 is 12.1 Å². The molecular formula is C70H120O6. The zero-order valence-electron chi connectivity index (χ0n) is 50.0. The summed E-state index contributed by atoms with van der Waals surface area (Å²) in [5.74, 6) is -0.995. The molecule has 76 heavy (non-hydrogen) atoms. The maximum absolute atomic E-state index is 12.9. The van der Waals surface area contributed by atoms with E-state index in [2.05, 4.69) is 112 Å². The lowest BCUT2D eigenvalue weighted by Crippen LogP contribution is -2.30. The SMILES string of the molecule is CC/C=C\C/C=C\C/C=C\C/C=C\C/C=C\C/C=C\CCC(=O)OC(COC(=O)CCCCCCC/C=C\CCCCCCCCC)COC(=O)CCCCCCCCCCCCC/C=C\CCCCCCCCCC. The highest BCUT2D eigenvalue weighted by Gasteiger charge is 2.19. The van der Waals surface area contributed by atoms with E-state index in [0.29, 0.717) is 19.3 Å². The molecule has 0 aromatic heterocycles. The number of hydrogen-bond donors (Lipinski definition) is 0. The lowest BCUT2D eigenvalue weighted by molar-refractivity contribution is -0.166. The van der Waals surface area contributed by atoms with Crippen molar-refractivity contribution in [3.05, 3.63) is 97.2 Å². The van der Waals surface area contributed by atoms with Gasteiger partial charge >= 0.3 is 17.9 Å². The maximum atomic E-state index is 12.9. The number of hydrogen-bond acceptors (Lipinski definition) is 6. The molecule has 6 heteroatoms. The maximum Gasteiger partial charge on any atom is 0.306 e. The Morgan fingerprint density at radius 1 is 0.276 bits per heavy atom. The summed E-state index contributed by atoms with van der Waals surface area (Å²) in [7, 11) is 0. The number of carbonyl (C=O) groups is 3. The van der Waals surface area contributed by atoms with E-state index >= 15 is 0 Å². The Hall–Kier alpha value is -3.67. The van der Waals surface area contributed by atoms with Crippen LogP contribution in [-0.4, -0.2) is 37.2 Å². The fourth-order valence-corrected chi connectivity index (χ4v) is 8.99. The van der Waals surface area contributed by atoms with Crippen LogP contribution in [0.3, 0.4) is 0 Å². The monoisotopic (exact) mass is 1060 g/mol. The molecule has 6 nitrogen and oxygen atoms in total. The Morgan fingerprint density at radius 2 is 0.539 bits per heavy atom. The smallest absolute Gasteiger partial charge is 0.306 e. The van der Waals surface area contributed by atoms with Crippen molar-refractivity contribution in [2.45, 2.75) is 316 Å². The zero-order chi connectivity index (χ0) is 55.0. The molecule has 0 saturated carbocycles. The molecule has 0 amide bonds.